The van der Waals surface area contributed by atoms with Crippen molar-refractivity contribution in [2.75, 3.05) is 0 Å². The van der Waals surface area contributed by atoms with Crippen molar-refractivity contribution in [2.24, 2.45) is 0 Å². The average Bonchev–Trinajstić information content (AvgIpc) is 2.55. The first-order chi connectivity index (χ1) is 11.0. The van der Waals surface area contributed by atoms with Gasteiger partial charge >= 0.3 is 5.82 Å². The molecule has 2 rings (SSSR count). The number of hydrogen-bond donors (Lipinski definition) is 1. The molecule has 0 bridgehead atoms. The zero-order valence-electron chi connectivity index (χ0n) is 12.8. The van der Waals surface area contributed by atoms with E-state index in [4.69, 9.17) is 4.74 Å². The Kier molecular flexibility index (Phi) is 5.24. The van der Waals surface area contributed by atoms with Crippen LogP contribution in [-0.2, 0) is 4.79 Å². The number of nitro groups is 1. The summed E-state index contributed by atoms with van der Waals surface area (Å²) in [6, 6.07) is 12.2. The third-order valence-electron chi connectivity index (χ3n) is 3.26. The van der Waals surface area contributed by atoms with Crippen LogP contribution in [0.1, 0.15) is 25.5 Å². The minimum atomic E-state index is -0.885. The van der Waals surface area contributed by atoms with Crippen LogP contribution in [0.3, 0.4) is 0 Å². The third kappa shape index (κ3) is 4.26. The van der Waals surface area contributed by atoms with Crippen LogP contribution in [0.5, 0.6) is 5.75 Å². The fraction of sp³-hybridized carbons (Fsp3) is 0.250. The van der Waals surface area contributed by atoms with Gasteiger partial charge in [-0.1, -0.05) is 30.3 Å². The summed E-state index contributed by atoms with van der Waals surface area (Å²) in [6.45, 7) is 3.39. The van der Waals surface area contributed by atoms with Gasteiger partial charge in [0.2, 0.25) is 5.75 Å². The predicted molar refractivity (Wildman–Crippen MR) is 84.0 cm³/mol. The Bertz CT molecular complexity index is 691. The number of amides is 1. The van der Waals surface area contributed by atoms with Gasteiger partial charge in [0.1, 0.15) is 6.20 Å². The van der Waals surface area contributed by atoms with Gasteiger partial charge in [-0.2, -0.15) is 0 Å². The maximum absolute atomic E-state index is 12.2. The smallest absolute Gasteiger partial charge is 0.406 e. The first-order valence-electron chi connectivity index (χ1n) is 7.10. The van der Waals surface area contributed by atoms with Crippen molar-refractivity contribution in [3.05, 3.63) is 64.3 Å². The van der Waals surface area contributed by atoms with E-state index in [9.17, 15) is 14.9 Å². The summed E-state index contributed by atoms with van der Waals surface area (Å²) in [5.74, 6) is -0.810. The molecular weight excluding hydrogens is 298 g/mol. The van der Waals surface area contributed by atoms with E-state index in [0.29, 0.717) is 0 Å². The van der Waals surface area contributed by atoms with Crippen LogP contribution in [0.4, 0.5) is 5.82 Å². The molecule has 7 nitrogen and oxygen atoms in total. The van der Waals surface area contributed by atoms with Gasteiger partial charge in [-0.05, 0) is 41.5 Å². The molecule has 7 heteroatoms. The lowest BCUT2D eigenvalue weighted by Crippen LogP contribution is -2.37. The maximum atomic E-state index is 12.2. The van der Waals surface area contributed by atoms with Gasteiger partial charge in [0.05, 0.1) is 6.04 Å². The van der Waals surface area contributed by atoms with Gasteiger partial charge in [0.15, 0.2) is 6.10 Å². The van der Waals surface area contributed by atoms with Gasteiger partial charge in [-0.15, -0.1) is 0 Å². The molecule has 1 N–H and O–H groups in total. The number of hydrogen-bond acceptors (Lipinski definition) is 5. The Labute approximate surface area is 133 Å². The molecule has 120 valence electrons. The molecule has 1 heterocycles. The number of carbonyl (C=O) groups excluding carboxylic acids is 1. The first-order valence-corrected chi connectivity index (χ1v) is 7.10. The maximum Gasteiger partial charge on any atom is 0.406 e. The molecule has 0 spiro atoms. The molecule has 1 amide bonds. The van der Waals surface area contributed by atoms with E-state index in [1.807, 2.05) is 37.3 Å². The molecule has 0 fully saturated rings. The topological polar surface area (TPSA) is 94.4 Å². The Morgan fingerprint density at radius 2 is 1.91 bits per heavy atom. The minimum absolute atomic E-state index is 0.0347. The van der Waals surface area contributed by atoms with Gasteiger partial charge in [0, 0.05) is 0 Å². The molecular formula is C16H17N3O4. The fourth-order valence-electron chi connectivity index (χ4n) is 2.01. The third-order valence-corrected chi connectivity index (χ3v) is 3.26. The molecule has 0 aliphatic carbocycles. The van der Waals surface area contributed by atoms with E-state index in [-0.39, 0.29) is 17.7 Å². The second-order valence-electron chi connectivity index (χ2n) is 4.98. The SMILES string of the molecule is C[C@H](Oc1cccnc1[N+](=O)[O-])C(=O)N[C@H](C)c1ccccc1. The van der Waals surface area contributed by atoms with Crippen LogP contribution in [0.25, 0.3) is 0 Å². The molecule has 0 aliphatic rings. The molecule has 0 saturated carbocycles. The van der Waals surface area contributed by atoms with E-state index in [1.54, 1.807) is 0 Å². The number of ether oxygens (including phenoxy) is 1. The van der Waals surface area contributed by atoms with Crippen LogP contribution < -0.4 is 10.1 Å². The monoisotopic (exact) mass is 315 g/mol. The lowest BCUT2D eigenvalue weighted by molar-refractivity contribution is -0.390. The highest BCUT2D eigenvalue weighted by atomic mass is 16.6. The van der Waals surface area contributed by atoms with Crippen LogP contribution in [-0.4, -0.2) is 21.9 Å². The molecule has 1 aromatic carbocycles. The lowest BCUT2D eigenvalue weighted by atomic mass is 10.1. The largest absolute Gasteiger partial charge is 0.473 e. The highest BCUT2D eigenvalue weighted by molar-refractivity contribution is 5.81. The number of nitrogens with zero attached hydrogens (tertiary/aromatic N) is 2. The standard InChI is InChI=1S/C16H17N3O4/c1-11(13-7-4-3-5-8-13)18-16(20)12(2)23-14-9-6-10-17-15(14)19(21)22/h3-12H,1-2H3,(H,18,20)/t11-,12+/m1/s1. The molecule has 0 unspecified atom stereocenters. The number of aromatic nitrogens is 1. The summed E-state index contributed by atoms with van der Waals surface area (Å²) in [7, 11) is 0. The quantitative estimate of drug-likeness (QED) is 0.653. The van der Waals surface area contributed by atoms with Crippen molar-refractivity contribution in [3.63, 3.8) is 0 Å². The predicted octanol–water partition coefficient (Wildman–Crippen LogP) is 2.63. The average molecular weight is 315 g/mol. The highest BCUT2D eigenvalue weighted by Crippen LogP contribution is 2.24. The number of nitrogens with one attached hydrogen (secondary N) is 1. The molecule has 0 saturated heterocycles. The van der Waals surface area contributed by atoms with E-state index in [2.05, 4.69) is 10.3 Å². The normalized spacial score (nSPS) is 13.0. The Morgan fingerprint density at radius 3 is 2.57 bits per heavy atom. The van der Waals surface area contributed by atoms with Crippen molar-refractivity contribution < 1.29 is 14.5 Å². The van der Waals surface area contributed by atoms with E-state index in [1.165, 1.54) is 25.3 Å². The minimum Gasteiger partial charge on any atom is -0.473 e. The Balaban J connectivity index is 2.02. The summed E-state index contributed by atoms with van der Waals surface area (Å²) in [4.78, 5) is 26.1. The first kappa shape index (κ1) is 16.4. The van der Waals surface area contributed by atoms with E-state index >= 15 is 0 Å². The van der Waals surface area contributed by atoms with Gasteiger partial charge < -0.3 is 20.2 Å². The second-order valence-corrected chi connectivity index (χ2v) is 4.98. The van der Waals surface area contributed by atoms with Gasteiger partial charge in [-0.3, -0.25) is 4.79 Å². The molecule has 2 atom stereocenters. The summed E-state index contributed by atoms with van der Waals surface area (Å²) < 4.78 is 5.39. The molecule has 0 aliphatic heterocycles. The van der Waals surface area contributed by atoms with Crippen molar-refractivity contribution >= 4 is 11.7 Å². The van der Waals surface area contributed by atoms with Crippen LogP contribution >= 0.6 is 0 Å². The Morgan fingerprint density at radius 1 is 1.22 bits per heavy atom. The second kappa shape index (κ2) is 7.35. The van der Waals surface area contributed by atoms with Gasteiger partial charge in [-0.25, -0.2) is 0 Å². The summed E-state index contributed by atoms with van der Waals surface area (Å²) >= 11 is 0. The van der Waals surface area contributed by atoms with Crippen molar-refractivity contribution in [3.8, 4) is 5.75 Å². The summed E-state index contributed by atoms with van der Waals surface area (Å²) in [5.41, 5.74) is 0.959. The number of benzene rings is 1. The lowest BCUT2D eigenvalue weighted by Gasteiger charge is -2.18. The van der Waals surface area contributed by atoms with E-state index < -0.39 is 16.8 Å². The van der Waals surface area contributed by atoms with Crippen molar-refractivity contribution in [1.82, 2.24) is 10.3 Å². The number of rotatable bonds is 6. The van der Waals surface area contributed by atoms with Gasteiger partial charge in [0.25, 0.3) is 5.91 Å². The number of pyridine rings is 1. The zero-order valence-corrected chi connectivity index (χ0v) is 12.8. The van der Waals surface area contributed by atoms with Crippen LogP contribution in [0.2, 0.25) is 0 Å². The molecule has 1 aromatic heterocycles. The van der Waals surface area contributed by atoms with E-state index in [0.717, 1.165) is 5.56 Å². The zero-order chi connectivity index (χ0) is 16.8. The number of carbonyl (C=O) groups is 1. The molecule has 0 radical (unpaired) electrons. The van der Waals surface area contributed by atoms with Crippen LogP contribution in [0, 0.1) is 10.1 Å². The summed E-state index contributed by atoms with van der Waals surface area (Å²) in [6.07, 6.45) is 0.414. The Hall–Kier alpha value is -2.96. The molecule has 2 aromatic rings. The highest BCUT2D eigenvalue weighted by Gasteiger charge is 2.22. The van der Waals surface area contributed by atoms with Crippen LogP contribution in [0.15, 0.2) is 48.7 Å². The van der Waals surface area contributed by atoms with Crippen molar-refractivity contribution in [1.29, 1.82) is 0 Å². The fourth-order valence-corrected chi connectivity index (χ4v) is 2.01. The molecule has 23 heavy (non-hydrogen) atoms. The van der Waals surface area contributed by atoms with Crippen molar-refractivity contribution in [2.45, 2.75) is 26.0 Å². The summed E-state index contributed by atoms with van der Waals surface area (Å²) in [5, 5.41) is 13.7.